The Labute approximate surface area is 166 Å². The lowest BCUT2D eigenvalue weighted by molar-refractivity contribution is 0.590. The Morgan fingerprint density at radius 1 is 0.926 bits per heavy atom. The van der Waals surface area contributed by atoms with Gasteiger partial charge in [-0.05, 0) is 68.8 Å². The Balaban J connectivity index is 2.23. The highest BCUT2D eigenvalue weighted by Gasteiger charge is 2.28. The maximum absolute atomic E-state index is 13.3. The van der Waals surface area contributed by atoms with Crippen molar-refractivity contribution in [3.63, 3.8) is 0 Å². The molecule has 0 bridgehead atoms. The van der Waals surface area contributed by atoms with E-state index in [-0.39, 0.29) is 14.8 Å². The van der Waals surface area contributed by atoms with Crippen LogP contribution in [0.2, 0.25) is 5.02 Å². The van der Waals surface area contributed by atoms with Crippen LogP contribution >= 0.6 is 11.6 Å². The first kappa shape index (κ1) is 19.7. The molecule has 140 valence electrons. The highest BCUT2D eigenvalue weighted by Crippen LogP contribution is 2.31. The number of hydrogen-bond donors (Lipinski definition) is 0. The van der Waals surface area contributed by atoms with Crippen LogP contribution in [0.5, 0.6) is 0 Å². The summed E-state index contributed by atoms with van der Waals surface area (Å²) in [4.78, 5) is 4.91. The zero-order valence-corrected chi connectivity index (χ0v) is 17.5. The first-order chi connectivity index (χ1) is 12.7. The summed E-state index contributed by atoms with van der Waals surface area (Å²) < 4.78 is 39.7. The van der Waals surface area contributed by atoms with E-state index < -0.39 is 20.6 Å². The summed E-state index contributed by atoms with van der Waals surface area (Å²) in [6.07, 6.45) is 0. The van der Waals surface area contributed by atoms with Gasteiger partial charge in [0.1, 0.15) is 15.7 Å². The van der Waals surface area contributed by atoms with Gasteiger partial charge < -0.3 is 0 Å². The normalized spacial score (nSPS) is 12.7. The van der Waals surface area contributed by atoms with Crippen LogP contribution in [-0.2, 0) is 20.6 Å². The molecule has 0 spiro atoms. The minimum absolute atomic E-state index is 0.00904. The summed E-state index contributed by atoms with van der Waals surface area (Å²) in [6.45, 7) is 5.33. The number of benzene rings is 2. The van der Waals surface area contributed by atoms with Gasteiger partial charge in [-0.2, -0.15) is 0 Å². The third-order valence-electron chi connectivity index (χ3n) is 4.06. The van der Waals surface area contributed by atoms with Gasteiger partial charge in [-0.1, -0.05) is 29.3 Å². The summed E-state index contributed by atoms with van der Waals surface area (Å²) in [6, 6.07) is 14.7. The smallest absolute Gasteiger partial charge is 0.209 e. The van der Waals surface area contributed by atoms with Gasteiger partial charge in [0.25, 0.3) is 0 Å². The number of pyridine rings is 1. The molecular weight excluding hydrogens is 402 g/mol. The van der Waals surface area contributed by atoms with Crippen molar-refractivity contribution in [1.29, 1.82) is 0 Å². The number of aromatic nitrogens is 1. The van der Waals surface area contributed by atoms with Gasteiger partial charge in [-0.25, -0.2) is 17.6 Å². The zero-order valence-electron chi connectivity index (χ0n) is 15.1. The predicted molar refractivity (Wildman–Crippen MR) is 106 cm³/mol. The molecule has 0 amide bonds. The highest BCUT2D eigenvalue weighted by atomic mass is 35.5. The molecule has 27 heavy (non-hydrogen) atoms. The summed E-state index contributed by atoms with van der Waals surface area (Å²) in [5.41, 5.74) is 2.07. The fourth-order valence-corrected chi connectivity index (χ4v) is 6.08. The van der Waals surface area contributed by atoms with Crippen LogP contribution in [0.1, 0.15) is 16.8 Å². The molecular formula is C20H18ClNO3S2. The fraction of sp³-hybridized carbons (Fsp3) is 0.150. The Kier molecular flexibility index (Phi) is 5.51. The molecule has 1 aromatic heterocycles. The average molecular weight is 420 g/mol. The molecule has 3 rings (SSSR count). The van der Waals surface area contributed by atoms with E-state index in [9.17, 15) is 12.6 Å². The number of nitrogens with zero attached hydrogens (tertiary/aromatic N) is 1. The van der Waals surface area contributed by atoms with Crippen LogP contribution in [0.25, 0.3) is 0 Å². The lowest BCUT2D eigenvalue weighted by Gasteiger charge is -2.14. The minimum Gasteiger partial charge on any atom is -0.247 e. The maximum Gasteiger partial charge on any atom is 0.209 e. The number of halogens is 1. The molecule has 3 aromatic rings. The third kappa shape index (κ3) is 3.98. The van der Waals surface area contributed by atoms with Crippen molar-refractivity contribution < 1.29 is 12.6 Å². The van der Waals surface area contributed by atoms with Crippen LogP contribution < -0.4 is 0 Å². The molecule has 2 aromatic carbocycles. The molecule has 1 atom stereocenters. The van der Waals surface area contributed by atoms with Gasteiger partial charge in [-0.3, -0.25) is 0 Å². The Hall–Kier alpha value is -2.02. The van der Waals surface area contributed by atoms with E-state index in [1.54, 1.807) is 68.4 Å². The molecule has 0 aliphatic rings. The summed E-state index contributed by atoms with van der Waals surface area (Å²) in [7, 11) is -5.64. The molecule has 0 saturated heterocycles. The second-order valence-corrected chi connectivity index (χ2v) is 9.97. The van der Waals surface area contributed by atoms with Crippen LogP contribution in [0.4, 0.5) is 0 Å². The first-order valence-corrected chi connectivity index (χ1v) is 11.2. The second-order valence-electron chi connectivity index (χ2n) is 6.25. The van der Waals surface area contributed by atoms with E-state index in [1.165, 1.54) is 0 Å². The van der Waals surface area contributed by atoms with E-state index in [0.717, 1.165) is 5.56 Å². The number of rotatable bonds is 4. The van der Waals surface area contributed by atoms with Crippen LogP contribution in [0.3, 0.4) is 0 Å². The Morgan fingerprint density at radius 3 is 2.11 bits per heavy atom. The molecule has 0 radical (unpaired) electrons. The monoisotopic (exact) mass is 419 g/mol. The van der Waals surface area contributed by atoms with Crippen LogP contribution in [0, 0.1) is 20.8 Å². The first-order valence-electron chi connectivity index (χ1n) is 8.17. The fourth-order valence-electron chi connectivity index (χ4n) is 2.75. The summed E-state index contributed by atoms with van der Waals surface area (Å²) in [5.74, 6) is 0. The average Bonchev–Trinajstić information content (AvgIpc) is 2.61. The number of aryl methyl sites for hydroxylation is 3. The highest BCUT2D eigenvalue weighted by molar-refractivity contribution is 7.92. The van der Waals surface area contributed by atoms with Crippen LogP contribution in [-0.4, -0.2) is 17.6 Å². The molecule has 0 aliphatic heterocycles. The van der Waals surface area contributed by atoms with Gasteiger partial charge in [0.15, 0.2) is 5.03 Å². The van der Waals surface area contributed by atoms with Gasteiger partial charge in [0.2, 0.25) is 9.84 Å². The SMILES string of the molecule is Cc1ccc(S(=O)(=O)c2c(C)cc(C)nc2[S@](=O)c2ccc(Cl)cc2)cc1. The molecule has 0 aliphatic carbocycles. The zero-order chi connectivity index (χ0) is 19.8. The molecule has 0 saturated carbocycles. The van der Waals surface area contributed by atoms with E-state index in [0.29, 0.717) is 21.2 Å². The van der Waals surface area contributed by atoms with Gasteiger partial charge >= 0.3 is 0 Å². The van der Waals surface area contributed by atoms with Crippen molar-refractivity contribution in [1.82, 2.24) is 4.98 Å². The molecule has 7 heteroatoms. The van der Waals surface area contributed by atoms with Gasteiger partial charge in [0.05, 0.1) is 4.90 Å². The van der Waals surface area contributed by atoms with Gasteiger partial charge in [0, 0.05) is 15.6 Å². The lowest BCUT2D eigenvalue weighted by atomic mass is 10.2. The minimum atomic E-state index is -3.88. The maximum atomic E-state index is 13.3. The second kappa shape index (κ2) is 7.54. The van der Waals surface area contributed by atoms with Crippen molar-refractivity contribution in [2.75, 3.05) is 0 Å². The van der Waals surface area contributed by atoms with E-state index in [4.69, 9.17) is 11.6 Å². The van der Waals surface area contributed by atoms with Crippen molar-refractivity contribution in [3.8, 4) is 0 Å². The van der Waals surface area contributed by atoms with E-state index in [1.807, 2.05) is 6.92 Å². The quantitative estimate of drug-likeness (QED) is 0.616. The lowest BCUT2D eigenvalue weighted by Crippen LogP contribution is -2.12. The van der Waals surface area contributed by atoms with Crippen molar-refractivity contribution in [2.45, 2.75) is 40.5 Å². The molecule has 0 N–H and O–H groups in total. The topological polar surface area (TPSA) is 64.1 Å². The molecule has 1 heterocycles. The van der Waals surface area contributed by atoms with Crippen LogP contribution in [0.15, 0.2) is 74.3 Å². The molecule has 4 nitrogen and oxygen atoms in total. The van der Waals surface area contributed by atoms with Crippen molar-refractivity contribution in [2.24, 2.45) is 0 Å². The molecule has 0 unspecified atom stereocenters. The third-order valence-corrected chi connectivity index (χ3v) is 7.73. The standard InChI is InChI=1S/C20H18ClNO3S2/c1-13-4-10-18(11-5-13)27(24,25)19-14(2)12-15(3)22-20(19)26(23)17-8-6-16(21)7-9-17/h4-12H,1-3H3/t26-/m1/s1. The Bertz CT molecular complexity index is 1120. The predicted octanol–water partition coefficient (Wildman–Crippen LogP) is 4.66. The summed E-state index contributed by atoms with van der Waals surface area (Å²) >= 11 is 5.90. The van der Waals surface area contributed by atoms with Gasteiger partial charge in [-0.15, -0.1) is 0 Å². The number of hydrogen-bond acceptors (Lipinski definition) is 4. The van der Waals surface area contributed by atoms with E-state index in [2.05, 4.69) is 4.98 Å². The van der Waals surface area contributed by atoms with E-state index >= 15 is 0 Å². The largest absolute Gasteiger partial charge is 0.247 e. The Morgan fingerprint density at radius 2 is 1.52 bits per heavy atom. The van der Waals surface area contributed by atoms with Crippen molar-refractivity contribution in [3.05, 3.63) is 76.4 Å². The van der Waals surface area contributed by atoms with Crippen molar-refractivity contribution >= 4 is 32.2 Å². The number of sulfone groups is 1. The summed E-state index contributed by atoms with van der Waals surface area (Å²) in [5, 5.41) is 0.548. The molecule has 0 fully saturated rings.